The van der Waals surface area contributed by atoms with Crippen molar-refractivity contribution in [1.82, 2.24) is 0 Å². The molecule has 340 valence electrons. The van der Waals surface area contributed by atoms with Gasteiger partial charge in [0.1, 0.15) is 24.4 Å². The highest BCUT2D eigenvalue weighted by Crippen LogP contribution is 2.32. The summed E-state index contributed by atoms with van der Waals surface area (Å²) in [6, 6.07) is 53.4. The topological polar surface area (TPSA) is 155 Å². The van der Waals surface area contributed by atoms with Crippen LogP contribution in [0.25, 0.3) is 0 Å². The van der Waals surface area contributed by atoms with Gasteiger partial charge in [-0.2, -0.15) is 0 Å². The Labute approximate surface area is 382 Å². The van der Waals surface area contributed by atoms with E-state index in [1.165, 1.54) is 24.3 Å². The third-order valence-electron chi connectivity index (χ3n) is 11.1. The summed E-state index contributed by atoms with van der Waals surface area (Å²) in [5.41, 5.74) is 3.27. The summed E-state index contributed by atoms with van der Waals surface area (Å²) >= 11 is 0. The molecule has 0 bridgehead atoms. The largest absolute Gasteiger partial charge is 0.452 e. The molecule has 2 heterocycles. The van der Waals surface area contributed by atoms with Crippen LogP contribution in [0.2, 0.25) is 0 Å². The molecule has 1 N–H and O–H groups in total. The van der Waals surface area contributed by atoms with E-state index < -0.39 is 79.8 Å². The number of carbonyl (C=O) groups excluding carboxylic acids is 3. The summed E-state index contributed by atoms with van der Waals surface area (Å²) in [4.78, 5) is 41.3. The lowest BCUT2D eigenvalue weighted by molar-refractivity contribution is -0.322. The third-order valence-corrected chi connectivity index (χ3v) is 11.1. The zero-order chi connectivity index (χ0) is 45.5. The highest BCUT2D eigenvalue weighted by atomic mass is 16.7. The molecule has 6 aromatic carbocycles. The standard InChI is InChI=1S/C53H50O13/c54-49(39-25-13-4-14-26-39)64-45-43(63-52(57)47(66-51(56)41-29-17-6-18-30-41)46(45)65-50(55)40-27-15-5-16-28-40)35-62-53-48(60-33-38-23-11-3-12-24-38)44(59-32-37-21-9-2-10-22-37)42(34-61-53)58-31-36-19-7-1-8-20-36/h1-30,42-48,52-53,57H,31-35H2/t42-,43-,44-,45-,46+,47-,48+,52-,53?/m1/s1. The van der Waals surface area contributed by atoms with Gasteiger partial charge in [-0.15, -0.1) is 0 Å². The molecule has 0 aliphatic carbocycles. The summed E-state index contributed by atoms with van der Waals surface area (Å²) in [7, 11) is 0. The number of rotatable bonds is 18. The molecule has 8 rings (SSSR count). The Morgan fingerprint density at radius 1 is 0.439 bits per heavy atom. The fourth-order valence-electron chi connectivity index (χ4n) is 7.64. The number of esters is 3. The van der Waals surface area contributed by atoms with E-state index >= 15 is 0 Å². The molecule has 2 fully saturated rings. The first kappa shape index (κ1) is 46.0. The van der Waals surface area contributed by atoms with Gasteiger partial charge in [0.05, 0.1) is 49.7 Å². The van der Waals surface area contributed by atoms with Crippen molar-refractivity contribution in [3.63, 3.8) is 0 Å². The maximum atomic E-state index is 13.9. The van der Waals surface area contributed by atoms with Crippen molar-refractivity contribution in [2.24, 2.45) is 0 Å². The van der Waals surface area contributed by atoms with Crippen molar-refractivity contribution in [1.29, 1.82) is 0 Å². The Kier molecular flexibility index (Phi) is 16.1. The van der Waals surface area contributed by atoms with Crippen LogP contribution in [0.5, 0.6) is 0 Å². The van der Waals surface area contributed by atoms with Crippen LogP contribution in [0.15, 0.2) is 182 Å². The van der Waals surface area contributed by atoms with Crippen LogP contribution in [-0.2, 0) is 62.5 Å². The number of carbonyl (C=O) groups is 3. The smallest absolute Gasteiger partial charge is 0.338 e. The minimum Gasteiger partial charge on any atom is -0.452 e. The number of benzene rings is 6. The van der Waals surface area contributed by atoms with E-state index in [9.17, 15) is 19.5 Å². The van der Waals surface area contributed by atoms with E-state index in [-0.39, 0.29) is 43.1 Å². The van der Waals surface area contributed by atoms with Gasteiger partial charge in [-0.05, 0) is 53.1 Å². The molecule has 66 heavy (non-hydrogen) atoms. The fourth-order valence-corrected chi connectivity index (χ4v) is 7.64. The number of aliphatic hydroxyl groups excluding tert-OH is 1. The minimum absolute atomic E-state index is 0.0392. The molecule has 0 saturated carbocycles. The lowest BCUT2D eigenvalue weighted by Gasteiger charge is -2.45. The van der Waals surface area contributed by atoms with Crippen molar-refractivity contribution < 1.29 is 62.1 Å². The van der Waals surface area contributed by atoms with Crippen molar-refractivity contribution in [2.45, 2.75) is 75.1 Å². The Hall–Kier alpha value is -6.55. The van der Waals surface area contributed by atoms with Gasteiger partial charge < -0.3 is 47.7 Å². The second-order valence-corrected chi connectivity index (χ2v) is 15.7. The van der Waals surface area contributed by atoms with Crippen LogP contribution in [0.3, 0.4) is 0 Å². The second kappa shape index (κ2) is 23.1. The SMILES string of the molecule is O=C(O[C@@H]1[C@@H](OC(=O)c2ccccc2)[C@H](O)O[C@H](COC2OC[C@@H](OCc3ccccc3)[C@@H](OCc3ccccc3)[C@@H]2OCc2ccccc2)[C@H]1OC(=O)c1ccccc1)c1ccccc1. The maximum absolute atomic E-state index is 13.9. The number of ether oxygens (including phenoxy) is 9. The van der Waals surface area contributed by atoms with E-state index in [4.69, 9.17) is 42.6 Å². The van der Waals surface area contributed by atoms with Crippen LogP contribution < -0.4 is 0 Å². The summed E-state index contributed by atoms with van der Waals surface area (Å²) in [6.07, 6.45) is -11.4. The van der Waals surface area contributed by atoms with E-state index in [0.29, 0.717) is 0 Å². The molecule has 0 radical (unpaired) electrons. The Bertz CT molecular complexity index is 2410. The normalized spacial score (nSPS) is 23.9. The van der Waals surface area contributed by atoms with Gasteiger partial charge >= 0.3 is 17.9 Å². The molecule has 2 saturated heterocycles. The lowest BCUT2D eigenvalue weighted by atomic mass is 9.97. The van der Waals surface area contributed by atoms with Crippen LogP contribution in [0.4, 0.5) is 0 Å². The van der Waals surface area contributed by atoms with Crippen molar-refractivity contribution in [2.75, 3.05) is 13.2 Å². The molecule has 1 unspecified atom stereocenters. The highest BCUT2D eigenvalue weighted by molar-refractivity contribution is 5.91. The zero-order valence-corrected chi connectivity index (χ0v) is 35.9. The highest BCUT2D eigenvalue weighted by Gasteiger charge is 2.53. The average Bonchev–Trinajstić information content (AvgIpc) is 3.37. The summed E-state index contributed by atoms with van der Waals surface area (Å²) in [6.45, 7) is 0.296. The first-order valence-electron chi connectivity index (χ1n) is 21.7. The van der Waals surface area contributed by atoms with Crippen molar-refractivity contribution >= 4 is 17.9 Å². The predicted octanol–water partition coefficient (Wildman–Crippen LogP) is 7.51. The van der Waals surface area contributed by atoms with Gasteiger partial charge in [-0.1, -0.05) is 146 Å². The van der Waals surface area contributed by atoms with Gasteiger partial charge in [0, 0.05) is 0 Å². The van der Waals surface area contributed by atoms with Gasteiger partial charge in [0.15, 0.2) is 30.9 Å². The number of aliphatic hydroxyl groups is 1. The monoisotopic (exact) mass is 894 g/mol. The maximum Gasteiger partial charge on any atom is 0.338 e. The summed E-state index contributed by atoms with van der Waals surface area (Å²) < 4.78 is 56.9. The molecule has 9 atom stereocenters. The Morgan fingerprint density at radius 2 is 0.818 bits per heavy atom. The third kappa shape index (κ3) is 12.2. The average molecular weight is 895 g/mol. The lowest BCUT2D eigenvalue weighted by Crippen LogP contribution is -2.63. The molecule has 2 aliphatic rings. The van der Waals surface area contributed by atoms with Crippen molar-refractivity contribution in [3.05, 3.63) is 215 Å². The molecular weight excluding hydrogens is 845 g/mol. The Balaban J connectivity index is 1.10. The molecule has 0 aromatic heterocycles. The van der Waals surface area contributed by atoms with Gasteiger partial charge in [-0.25, -0.2) is 14.4 Å². The quantitative estimate of drug-likeness (QED) is 0.0670. The van der Waals surface area contributed by atoms with E-state index in [1.54, 1.807) is 66.7 Å². The molecule has 6 aromatic rings. The van der Waals surface area contributed by atoms with Gasteiger partial charge in [-0.3, -0.25) is 0 Å². The first-order chi connectivity index (χ1) is 32.4. The van der Waals surface area contributed by atoms with Crippen LogP contribution in [-0.4, -0.2) is 91.5 Å². The van der Waals surface area contributed by atoms with E-state index in [1.807, 2.05) is 91.0 Å². The summed E-state index contributed by atoms with van der Waals surface area (Å²) in [5, 5.41) is 11.7. The fraction of sp³-hybridized carbons (Fsp3) is 0.264. The van der Waals surface area contributed by atoms with Gasteiger partial charge in [0.2, 0.25) is 0 Å². The van der Waals surface area contributed by atoms with Crippen LogP contribution in [0, 0.1) is 0 Å². The van der Waals surface area contributed by atoms with Gasteiger partial charge in [0.25, 0.3) is 0 Å². The molecule has 0 amide bonds. The zero-order valence-electron chi connectivity index (χ0n) is 35.9. The molecular formula is C53H50O13. The molecule has 13 heteroatoms. The Morgan fingerprint density at radius 3 is 1.27 bits per heavy atom. The number of hydrogen-bond donors (Lipinski definition) is 1. The summed E-state index contributed by atoms with van der Waals surface area (Å²) in [5.74, 6) is -2.47. The molecule has 0 spiro atoms. The van der Waals surface area contributed by atoms with E-state index in [2.05, 4.69) is 0 Å². The van der Waals surface area contributed by atoms with E-state index in [0.717, 1.165) is 16.7 Å². The molecule has 2 aliphatic heterocycles. The van der Waals surface area contributed by atoms with Crippen molar-refractivity contribution in [3.8, 4) is 0 Å². The van der Waals surface area contributed by atoms with Crippen LogP contribution in [0.1, 0.15) is 47.8 Å². The predicted molar refractivity (Wildman–Crippen MR) is 239 cm³/mol. The first-order valence-corrected chi connectivity index (χ1v) is 21.7. The second-order valence-electron chi connectivity index (χ2n) is 15.7. The minimum atomic E-state index is -1.89. The van der Waals surface area contributed by atoms with Crippen LogP contribution >= 0.6 is 0 Å². The molecule has 13 nitrogen and oxygen atoms in total. The number of hydrogen-bond acceptors (Lipinski definition) is 13.